The number of unbranched alkanes of at least 4 members (excludes halogenated alkanes) is 13. The molecule has 228 valence electrons. The number of hydrogen-bond acceptors (Lipinski definition) is 8. The summed E-state index contributed by atoms with van der Waals surface area (Å²) in [5.41, 5.74) is 0.849. The highest BCUT2D eigenvalue weighted by molar-refractivity contribution is 7.48. The van der Waals surface area contributed by atoms with E-state index in [4.69, 9.17) is 23.0 Å². The van der Waals surface area contributed by atoms with Crippen LogP contribution in [-0.4, -0.2) is 45.0 Å². The number of esters is 2. The summed E-state index contributed by atoms with van der Waals surface area (Å²) in [6.07, 6.45) is 15.5. The summed E-state index contributed by atoms with van der Waals surface area (Å²) >= 11 is 0. The molecule has 0 aliphatic carbocycles. The van der Waals surface area contributed by atoms with Crippen molar-refractivity contribution in [3.8, 4) is 0 Å². The number of phosphoric acid groups is 1. The van der Waals surface area contributed by atoms with Crippen molar-refractivity contribution in [1.82, 2.24) is 0 Å². The van der Waals surface area contributed by atoms with E-state index in [0.717, 1.165) is 103 Å². The molecule has 0 heterocycles. The number of carbonyl (C=O) groups is 2. The van der Waals surface area contributed by atoms with Gasteiger partial charge in [0, 0.05) is 11.1 Å². The van der Waals surface area contributed by atoms with E-state index in [1.54, 1.807) is 13.8 Å². The van der Waals surface area contributed by atoms with E-state index in [-0.39, 0.29) is 11.9 Å². The second-order valence-corrected chi connectivity index (χ2v) is 11.8. The summed E-state index contributed by atoms with van der Waals surface area (Å²) in [5, 5.41) is 0. The first-order valence-electron chi connectivity index (χ1n) is 14.9. The summed E-state index contributed by atoms with van der Waals surface area (Å²) in [5.74, 6) is -0.663. The molecule has 0 rings (SSSR count). The fraction of sp³-hybridized carbons (Fsp3) is 0.800. The zero-order valence-electron chi connectivity index (χ0n) is 25.0. The molecule has 0 atom stereocenters. The number of ether oxygens (including phenoxy) is 2. The molecule has 0 radical (unpaired) electrons. The van der Waals surface area contributed by atoms with Crippen LogP contribution >= 0.6 is 7.82 Å². The van der Waals surface area contributed by atoms with Crippen molar-refractivity contribution in [2.45, 2.75) is 124 Å². The molecule has 0 aliphatic heterocycles. The second-order valence-electron chi connectivity index (χ2n) is 10.1. The molecule has 0 bridgehead atoms. The number of carbonyl (C=O) groups excluding carboxylic acids is 2. The van der Waals surface area contributed by atoms with Gasteiger partial charge in [0.2, 0.25) is 0 Å². The summed E-state index contributed by atoms with van der Waals surface area (Å²) < 4.78 is 40.2. The molecular weight excluding hydrogens is 519 g/mol. The van der Waals surface area contributed by atoms with Gasteiger partial charge in [-0.15, -0.1) is 0 Å². The van der Waals surface area contributed by atoms with Gasteiger partial charge in [-0.25, -0.2) is 14.2 Å². The normalized spacial score (nSPS) is 11.4. The van der Waals surface area contributed by atoms with Crippen LogP contribution in [0, 0.1) is 0 Å². The molecule has 0 N–H and O–H groups in total. The van der Waals surface area contributed by atoms with Gasteiger partial charge in [-0.05, 0) is 46.0 Å². The predicted molar refractivity (Wildman–Crippen MR) is 157 cm³/mol. The SMILES string of the molecule is C=C(C)C(=O)OCCCCCCCCOP(=O)(OCCCCCC)OCCCCCCCCOC(=O)C(=C)C. The Bertz CT molecular complexity index is 672. The third-order valence-corrected chi connectivity index (χ3v) is 7.48. The van der Waals surface area contributed by atoms with Gasteiger partial charge in [-0.1, -0.05) is 90.7 Å². The first-order valence-corrected chi connectivity index (χ1v) is 16.4. The van der Waals surface area contributed by atoms with Crippen molar-refractivity contribution >= 4 is 19.8 Å². The highest BCUT2D eigenvalue weighted by atomic mass is 31.2. The molecule has 39 heavy (non-hydrogen) atoms. The number of phosphoric ester groups is 1. The van der Waals surface area contributed by atoms with Gasteiger partial charge in [0.1, 0.15) is 0 Å². The largest absolute Gasteiger partial charge is 0.474 e. The predicted octanol–water partition coefficient (Wildman–Crippen LogP) is 8.64. The molecular formula is C30H55O8P. The zero-order chi connectivity index (χ0) is 29.2. The average Bonchev–Trinajstić information content (AvgIpc) is 2.90. The number of rotatable bonds is 28. The van der Waals surface area contributed by atoms with Crippen LogP contribution in [0.25, 0.3) is 0 Å². The van der Waals surface area contributed by atoms with Crippen LogP contribution in [0.15, 0.2) is 24.3 Å². The molecule has 9 heteroatoms. The van der Waals surface area contributed by atoms with Crippen LogP contribution in [0.2, 0.25) is 0 Å². The lowest BCUT2D eigenvalue weighted by Crippen LogP contribution is -2.06. The van der Waals surface area contributed by atoms with Crippen LogP contribution in [0.5, 0.6) is 0 Å². The van der Waals surface area contributed by atoms with E-state index in [1.807, 2.05) is 0 Å². The third kappa shape index (κ3) is 24.1. The maximum Gasteiger partial charge on any atom is 0.474 e. The van der Waals surface area contributed by atoms with E-state index in [9.17, 15) is 14.2 Å². The first kappa shape index (κ1) is 37.5. The lowest BCUT2D eigenvalue weighted by Gasteiger charge is -2.18. The molecule has 8 nitrogen and oxygen atoms in total. The third-order valence-electron chi connectivity index (χ3n) is 5.99. The maximum absolute atomic E-state index is 13.1. The van der Waals surface area contributed by atoms with Crippen LogP contribution in [-0.2, 0) is 37.2 Å². The van der Waals surface area contributed by atoms with E-state index in [1.165, 1.54) is 0 Å². The topological polar surface area (TPSA) is 97.4 Å². The lowest BCUT2D eigenvalue weighted by molar-refractivity contribution is -0.139. The minimum absolute atomic E-state index is 0.331. The van der Waals surface area contributed by atoms with Gasteiger partial charge in [-0.3, -0.25) is 13.6 Å². The monoisotopic (exact) mass is 574 g/mol. The van der Waals surface area contributed by atoms with Crippen LogP contribution < -0.4 is 0 Å². The molecule has 0 fully saturated rings. The molecule has 0 unspecified atom stereocenters. The van der Waals surface area contributed by atoms with Gasteiger partial charge in [0.15, 0.2) is 0 Å². The summed E-state index contributed by atoms with van der Waals surface area (Å²) in [7, 11) is -3.56. The molecule has 0 amide bonds. The van der Waals surface area contributed by atoms with Gasteiger partial charge in [-0.2, -0.15) is 0 Å². The van der Waals surface area contributed by atoms with Gasteiger partial charge in [0.05, 0.1) is 33.0 Å². The minimum atomic E-state index is -3.56. The van der Waals surface area contributed by atoms with Crippen molar-refractivity contribution in [3.63, 3.8) is 0 Å². The van der Waals surface area contributed by atoms with Crippen molar-refractivity contribution in [2.24, 2.45) is 0 Å². The summed E-state index contributed by atoms with van der Waals surface area (Å²) in [6.45, 7) is 14.5. The highest BCUT2D eigenvalue weighted by Crippen LogP contribution is 2.50. The smallest absolute Gasteiger partial charge is 0.462 e. The van der Waals surface area contributed by atoms with E-state index in [2.05, 4.69) is 20.1 Å². The Morgan fingerprint density at radius 2 is 0.795 bits per heavy atom. The molecule has 0 aromatic carbocycles. The Kier molecular flexibility index (Phi) is 24.5. The Labute approximate surface area is 237 Å². The minimum Gasteiger partial charge on any atom is -0.462 e. The summed E-state index contributed by atoms with van der Waals surface area (Å²) in [6, 6.07) is 0. The lowest BCUT2D eigenvalue weighted by atomic mass is 10.1. The van der Waals surface area contributed by atoms with E-state index >= 15 is 0 Å². The Morgan fingerprint density at radius 1 is 0.513 bits per heavy atom. The zero-order valence-corrected chi connectivity index (χ0v) is 25.9. The van der Waals surface area contributed by atoms with Gasteiger partial charge >= 0.3 is 19.8 Å². The van der Waals surface area contributed by atoms with Crippen LogP contribution in [0.4, 0.5) is 0 Å². The Morgan fingerprint density at radius 3 is 1.10 bits per heavy atom. The standard InChI is InChI=1S/C30H55O8P/c1-6-7-8-19-24-36-39(33,37-25-20-15-11-9-13-17-22-34-29(31)27(2)3)38-26-21-16-12-10-14-18-23-35-30(32)28(4)5/h2,4,6-26H2,1,3,5H3. The van der Waals surface area contributed by atoms with Crippen molar-refractivity contribution in [3.05, 3.63) is 24.3 Å². The maximum atomic E-state index is 13.1. The van der Waals surface area contributed by atoms with Gasteiger partial charge in [0.25, 0.3) is 0 Å². The molecule has 0 aromatic heterocycles. The van der Waals surface area contributed by atoms with Crippen molar-refractivity contribution in [2.75, 3.05) is 33.0 Å². The van der Waals surface area contributed by atoms with Crippen LogP contribution in [0.1, 0.15) is 124 Å². The molecule has 0 saturated carbocycles. The quantitative estimate of drug-likeness (QED) is 0.0396. The molecule has 0 aliphatic rings. The Balaban J connectivity index is 4.03. The van der Waals surface area contributed by atoms with E-state index < -0.39 is 7.82 Å². The first-order chi connectivity index (χ1) is 18.7. The molecule has 0 aromatic rings. The van der Waals surface area contributed by atoms with E-state index in [0.29, 0.717) is 44.2 Å². The van der Waals surface area contributed by atoms with Gasteiger partial charge < -0.3 is 9.47 Å². The fourth-order valence-corrected chi connectivity index (χ4v) is 4.85. The summed E-state index contributed by atoms with van der Waals surface area (Å²) in [4.78, 5) is 22.7. The highest BCUT2D eigenvalue weighted by Gasteiger charge is 2.26. The fourth-order valence-electron chi connectivity index (χ4n) is 3.57. The average molecular weight is 575 g/mol. The van der Waals surface area contributed by atoms with Crippen LogP contribution in [0.3, 0.4) is 0 Å². The Hall–Kier alpha value is -1.47. The molecule has 0 spiro atoms. The van der Waals surface area contributed by atoms with Crippen molar-refractivity contribution in [1.29, 1.82) is 0 Å². The molecule has 0 saturated heterocycles. The van der Waals surface area contributed by atoms with Crippen molar-refractivity contribution < 1.29 is 37.2 Å². The second kappa shape index (κ2) is 25.5. The number of hydrogen-bond donors (Lipinski definition) is 0.